The Kier molecular flexibility index (Phi) is 6.37. The number of benzene rings is 3. The van der Waals surface area contributed by atoms with Crippen LogP contribution in [-0.4, -0.2) is 25.4 Å². The number of hydrogen-bond acceptors (Lipinski definition) is 6. The van der Waals surface area contributed by atoms with Gasteiger partial charge in [0.1, 0.15) is 5.75 Å². The summed E-state index contributed by atoms with van der Waals surface area (Å²) in [5, 5.41) is 0. The van der Waals surface area contributed by atoms with Crippen LogP contribution in [0.15, 0.2) is 82.1 Å². The number of hydrogen-bond donors (Lipinski definition) is 0. The fourth-order valence-corrected chi connectivity index (χ4v) is 6.31. The fraction of sp³-hybridized carbons (Fsp3) is 0.226. The number of allylic oxidation sites excluding steroid dienone is 1. The highest BCUT2D eigenvalue weighted by molar-refractivity contribution is 7.07. The Balaban J connectivity index is 1.56. The van der Waals surface area contributed by atoms with E-state index in [0.29, 0.717) is 27.4 Å². The quantitative estimate of drug-likeness (QED) is 0.366. The van der Waals surface area contributed by atoms with Gasteiger partial charge >= 0.3 is 0 Å². The van der Waals surface area contributed by atoms with Crippen molar-refractivity contribution in [2.75, 3.05) is 20.8 Å². The van der Waals surface area contributed by atoms with Crippen molar-refractivity contribution in [2.45, 2.75) is 25.8 Å². The molecule has 0 amide bonds. The van der Waals surface area contributed by atoms with Crippen molar-refractivity contribution in [3.63, 3.8) is 0 Å². The molecule has 0 bridgehead atoms. The molecule has 0 N–H and O–H groups in total. The number of ether oxygens (including phenoxy) is 3. The van der Waals surface area contributed by atoms with Gasteiger partial charge in [-0.05, 0) is 72.4 Å². The smallest absolute Gasteiger partial charge is 0.271 e. The Bertz CT molecular complexity index is 1730. The summed E-state index contributed by atoms with van der Waals surface area (Å²) in [5.41, 5.74) is 6.48. The zero-order valence-corrected chi connectivity index (χ0v) is 22.4. The van der Waals surface area contributed by atoms with E-state index in [1.54, 1.807) is 14.2 Å². The Morgan fingerprint density at radius 3 is 2.58 bits per heavy atom. The highest BCUT2D eigenvalue weighted by atomic mass is 32.1. The molecule has 2 aliphatic rings. The van der Waals surface area contributed by atoms with Crippen LogP contribution in [-0.2, 0) is 6.42 Å². The molecular formula is C31H28N2O4S. The summed E-state index contributed by atoms with van der Waals surface area (Å²) in [4.78, 5) is 19.7. The number of aromatic nitrogens is 1. The number of methoxy groups -OCH3 is 2. The van der Waals surface area contributed by atoms with Crippen molar-refractivity contribution in [3.8, 4) is 17.2 Å². The van der Waals surface area contributed by atoms with Crippen LogP contribution in [0.5, 0.6) is 17.2 Å². The summed E-state index contributed by atoms with van der Waals surface area (Å²) >= 11 is 1.42. The Hall–Kier alpha value is -4.10. The molecular weight excluding hydrogens is 496 g/mol. The van der Waals surface area contributed by atoms with Crippen LogP contribution >= 0.6 is 11.3 Å². The molecule has 1 aliphatic carbocycles. The fourth-order valence-electron chi connectivity index (χ4n) is 5.31. The maximum Gasteiger partial charge on any atom is 0.271 e. The minimum absolute atomic E-state index is 0.0474. The van der Waals surface area contributed by atoms with Crippen molar-refractivity contribution in [1.29, 1.82) is 0 Å². The summed E-state index contributed by atoms with van der Waals surface area (Å²) < 4.78 is 19.1. The summed E-state index contributed by atoms with van der Waals surface area (Å²) in [6.07, 6.45) is 3.69. The van der Waals surface area contributed by atoms with E-state index in [4.69, 9.17) is 19.2 Å². The van der Waals surface area contributed by atoms with Crippen LogP contribution < -0.4 is 29.1 Å². The van der Waals surface area contributed by atoms with Crippen LogP contribution in [0.1, 0.15) is 41.6 Å². The predicted octanol–water partition coefficient (Wildman–Crippen LogP) is 4.73. The lowest BCUT2D eigenvalue weighted by Gasteiger charge is -2.30. The van der Waals surface area contributed by atoms with Gasteiger partial charge in [-0.2, -0.15) is 0 Å². The highest BCUT2D eigenvalue weighted by Gasteiger charge is 2.32. The monoisotopic (exact) mass is 524 g/mol. The van der Waals surface area contributed by atoms with Gasteiger partial charge in [0.2, 0.25) is 0 Å². The van der Waals surface area contributed by atoms with E-state index in [2.05, 4.69) is 36.4 Å². The van der Waals surface area contributed by atoms with Gasteiger partial charge in [-0.1, -0.05) is 53.8 Å². The molecule has 0 spiro atoms. The normalized spacial score (nSPS) is 16.3. The first-order valence-electron chi connectivity index (χ1n) is 12.7. The standard InChI is InChI=1S/C31H28N2O4S/c1-4-37-26-17-19(9-16-25(26)36-3)18-27-30(34)33-29(21-10-13-22(35-2)14-11-21)24-15-12-20-7-5-6-8-23(20)28(24)32-31(33)38-27/h5-11,13-14,16-18,29H,4,12,15H2,1-3H3. The molecule has 7 heteroatoms. The third-order valence-electron chi connectivity index (χ3n) is 7.09. The van der Waals surface area contributed by atoms with Crippen molar-refractivity contribution < 1.29 is 14.2 Å². The van der Waals surface area contributed by atoms with E-state index >= 15 is 0 Å². The first-order chi connectivity index (χ1) is 18.6. The van der Waals surface area contributed by atoms with Gasteiger partial charge in [0.05, 0.1) is 37.1 Å². The average Bonchev–Trinajstić information content (AvgIpc) is 3.26. The molecule has 6 nitrogen and oxygen atoms in total. The minimum Gasteiger partial charge on any atom is -0.497 e. The second kappa shape index (κ2) is 9.99. The van der Waals surface area contributed by atoms with Gasteiger partial charge in [-0.15, -0.1) is 0 Å². The number of nitrogens with zero attached hydrogens (tertiary/aromatic N) is 2. The lowest BCUT2D eigenvalue weighted by molar-refractivity contribution is 0.311. The van der Waals surface area contributed by atoms with E-state index < -0.39 is 0 Å². The van der Waals surface area contributed by atoms with Gasteiger partial charge in [-0.3, -0.25) is 9.36 Å². The molecule has 0 saturated heterocycles. The molecule has 1 aromatic heterocycles. The van der Waals surface area contributed by atoms with E-state index in [-0.39, 0.29) is 11.6 Å². The van der Waals surface area contributed by atoms with Crippen molar-refractivity contribution in [2.24, 2.45) is 4.99 Å². The molecule has 4 aromatic rings. The lowest BCUT2D eigenvalue weighted by atomic mass is 9.83. The summed E-state index contributed by atoms with van der Waals surface area (Å²) in [5.74, 6) is 2.10. The summed E-state index contributed by atoms with van der Waals surface area (Å²) in [6.45, 7) is 2.46. The third-order valence-corrected chi connectivity index (χ3v) is 8.07. The molecule has 192 valence electrons. The summed E-state index contributed by atoms with van der Waals surface area (Å²) in [7, 11) is 3.28. The minimum atomic E-state index is -0.225. The number of rotatable bonds is 6. The largest absolute Gasteiger partial charge is 0.497 e. The van der Waals surface area contributed by atoms with Crippen molar-refractivity contribution in [3.05, 3.63) is 114 Å². The zero-order chi connectivity index (χ0) is 26.2. The SMILES string of the molecule is CCOc1cc(C=c2sc3n(c2=O)C(c2ccc(OC)cc2)C2=C(N=3)c3ccccc3CC2)ccc1OC. The first kappa shape index (κ1) is 24.2. The first-order valence-corrected chi connectivity index (χ1v) is 13.5. The maximum absolute atomic E-state index is 14.0. The lowest BCUT2D eigenvalue weighted by Crippen LogP contribution is -2.38. The second-order valence-electron chi connectivity index (χ2n) is 9.23. The van der Waals surface area contributed by atoms with E-state index in [9.17, 15) is 4.79 Å². The number of fused-ring (bicyclic) bond motifs is 3. The van der Waals surface area contributed by atoms with E-state index in [1.807, 2.05) is 47.9 Å². The molecule has 0 saturated carbocycles. The van der Waals surface area contributed by atoms with E-state index in [1.165, 1.54) is 22.5 Å². The van der Waals surface area contributed by atoms with Gasteiger partial charge in [-0.25, -0.2) is 4.99 Å². The molecule has 0 radical (unpaired) electrons. The Labute approximate surface area is 224 Å². The number of aryl methyl sites for hydroxylation is 1. The Morgan fingerprint density at radius 2 is 1.82 bits per heavy atom. The van der Waals surface area contributed by atoms with Gasteiger partial charge in [0.15, 0.2) is 16.3 Å². The van der Waals surface area contributed by atoms with Crippen LogP contribution in [0.2, 0.25) is 0 Å². The molecule has 0 fully saturated rings. The van der Waals surface area contributed by atoms with Gasteiger partial charge in [0.25, 0.3) is 5.56 Å². The predicted molar refractivity (Wildman–Crippen MR) is 150 cm³/mol. The second-order valence-corrected chi connectivity index (χ2v) is 10.2. The molecule has 38 heavy (non-hydrogen) atoms. The Morgan fingerprint density at radius 1 is 1.00 bits per heavy atom. The van der Waals surface area contributed by atoms with Crippen LogP contribution in [0.3, 0.4) is 0 Å². The average molecular weight is 525 g/mol. The molecule has 1 aliphatic heterocycles. The van der Waals surface area contributed by atoms with Gasteiger partial charge in [0, 0.05) is 5.56 Å². The zero-order valence-electron chi connectivity index (χ0n) is 21.6. The molecule has 1 unspecified atom stereocenters. The van der Waals surface area contributed by atoms with Crippen molar-refractivity contribution in [1.82, 2.24) is 4.57 Å². The molecule has 1 atom stereocenters. The molecule has 6 rings (SSSR count). The van der Waals surface area contributed by atoms with Crippen molar-refractivity contribution >= 4 is 23.1 Å². The maximum atomic E-state index is 14.0. The molecule has 3 aromatic carbocycles. The van der Waals surface area contributed by atoms with E-state index in [0.717, 1.165) is 41.0 Å². The number of thiazole rings is 1. The highest BCUT2D eigenvalue weighted by Crippen LogP contribution is 2.41. The van der Waals surface area contributed by atoms with Crippen LogP contribution in [0.4, 0.5) is 0 Å². The molecule has 2 heterocycles. The summed E-state index contributed by atoms with van der Waals surface area (Å²) in [6, 6.07) is 21.9. The topological polar surface area (TPSA) is 62.0 Å². The van der Waals surface area contributed by atoms with Crippen LogP contribution in [0.25, 0.3) is 11.8 Å². The van der Waals surface area contributed by atoms with Gasteiger partial charge < -0.3 is 14.2 Å². The third kappa shape index (κ3) is 4.13. The van der Waals surface area contributed by atoms with Crippen LogP contribution in [0, 0.1) is 0 Å².